The van der Waals surface area contributed by atoms with Crippen molar-refractivity contribution in [3.63, 3.8) is 0 Å². The van der Waals surface area contributed by atoms with Gasteiger partial charge in [-0.05, 0) is 31.2 Å². The fraction of sp³-hybridized carbons (Fsp3) is 0.733. The van der Waals surface area contributed by atoms with Crippen LogP contribution in [0.15, 0.2) is 6.20 Å². The number of carbonyl (C=O) groups excluding carboxylic acids is 1. The van der Waals surface area contributed by atoms with E-state index < -0.39 is 11.6 Å². The number of halogens is 1. The molecule has 0 spiro atoms. The third-order valence-corrected chi connectivity index (χ3v) is 4.39. The summed E-state index contributed by atoms with van der Waals surface area (Å²) >= 11 is 0. The lowest BCUT2D eigenvalue weighted by atomic mass is 9.81. The predicted molar refractivity (Wildman–Crippen MR) is 77.2 cm³/mol. The van der Waals surface area contributed by atoms with Crippen molar-refractivity contribution in [3.8, 4) is 0 Å². The third-order valence-electron chi connectivity index (χ3n) is 4.39. The van der Waals surface area contributed by atoms with Gasteiger partial charge in [0, 0.05) is 19.9 Å². The summed E-state index contributed by atoms with van der Waals surface area (Å²) in [5.74, 6) is -0.520. The van der Waals surface area contributed by atoms with Crippen molar-refractivity contribution in [2.24, 2.45) is 0 Å². The summed E-state index contributed by atoms with van der Waals surface area (Å²) in [6.45, 7) is 2.12. The van der Waals surface area contributed by atoms with Crippen LogP contribution in [-0.4, -0.2) is 48.2 Å². The minimum absolute atomic E-state index is 0.263. The summed E-state index contributed by atoms with van der Waals surface area (Å²) in [7, 11) is 1.65. The van der Waals surface area contributed by atoms with Gasteiger partial charge in [-0.2, -0.15) is 5.10 Å². The van der Waals surface area contributed by atoms with Gasteiger partial charge in [0.15, 0.2) is 5.67 Å². The molecule has 1 aromatic rings. The van der Waals surface area contributed by atoms with E-state index in [0.29, 0.717) is 32.6 Å². The maximum atomic E-state index is 14.0. The number of aromatic nitrogens is 2. The molecule has 0 saturated heterocycles. The van der Waals surface area contributed by atoms with E-state index in [-0.39, 0.29) is 12.6 Å². The fourth-order valence-electron chi connectivity index (χ4n) is 2.84. The molecule has 122 valence electrons. The standard InChI is InChI=1S/C15H22FN3O3/c1-21-8-6-19-10-11-3-7-22-12(13(11)18-19)9-17-14(20)15(16)4-2-5-15/h10,12H,2-9H2,1H3,(H,17,20). The summed E-state index contributed by atoms with van der Waals surface area (Å²) in [6, 6.07) is 0. The first-order valence-electron chi connectivity index (χ1n) is 7.76. The molecule has 1 N–H and O–H groups in total. The molecule has 22 heavy (non-hydrogen) atoms. The second kappa shape index (κ2) is 6.34. The molecule has 1 aliphatic carbocycles. The molecule has 1 aromatic heterocycles. The lowest BCUT2D eigenvalue weighted by Crippen LogP contribution is -2.49. The van der Waals surface area contributed by atoms with Crippen LogP contribution in [0.5, 0.6) is 0 Å². The maximum absolute atomic E-state index is 14.0. The number of methoxy groups -OCH3 is 1. The van der Waals surface area contributed by atoms with Crippen LogP contribution in [-0.2, 0) is 27.2 Å². The molecule has 0 aromatic carbocycles. The summed E-state index contributed by atoms with van der Waals surface area (Å²) in [5.41, 5.74) is 0.291. The third kappa shape index (κ3) is 3.01. The van der Waals surface area contributed by atoms with Crippen molar-refractivity contribution in [2.45, 2.75) is 44.0 Å². The van der Waals surface area contributed by atoms with E-state index in [0.717, 1.165) is 24.1 Å². The van der Waals surface area contributed by atoms with Gasteiger partial charge in [0.25, 0.3) is 5.91 Å². The first-order chi connectivity index (χ1) is 10.6. The van der Waals surface area contributed by atoms with Gasteiger partial charge in [0.05, 0.1) is 25.5 Å². The normalized spacial score (nSPS) is 22.7. The van der Waals surface area contributed by atoms with E-state index in [1.807, 2.05) is 10.9 Å². The molecular formula is C15H22FN3O3. The Labute approximate surface area is 129 Å². The zero-order valence-corrected chi connectivity index (χ0v) is 12.8. The average molecular weight is 311 g/mol. The molecule has 1 atom stereocenters. The molecule has 3 rings (SSSR count). The molecule has 1 saturated carbocycles. The molecule has 2 aliphatic rings. The molecule has 6 nitrogen and oxygen atoms in total. The first-order valence-corrected chi connectivity index (χ1v) is 7.76. The highest BCUT2D eigenvalue weighted by Crippen LogP contribution is 2.36. The number of alkyl halides is 1. The van der Waals surface area contributed by atoms with Crippen LogP contribution < -0.4 is 5.32 Å². The van der Waals surface area contributed by atoms with Crippen LogP contribution >= 0.6 is 0 Å². The highest BCUT2D eigenvalue weighted by molar-refractivity contribution is 5.85. The molecule has 2 heterocycles. The lowest BCUT2D eigenvalue weighted by molar-refractivity contribution is -0.139. The monoisotopic (exact) mass is 311 g/mol. The zero-order valence-electron chi connectivity index (χ0n) is 12.8. The van der Waals surface area contributed by atoms with E-state index in [9.17, 15) is 9.18 Å². The smallest absolute Gasteiger partial charge is 0.257 e. The van der Waals surface area contributed by atoms with Crippen LogP contribution in [0.25, 0.3) is 0 Å². The molecular weight excluding hydrogens is 289 g/mol. The number of hydrogen-bond donors (Lipinski definition) is 1. The number of nitrogens with zero attached hydrogens (tertiary/aromatic N) is 2. The van der Waals surface area contributed by atoms with Crippen molar-refractivity contribution in [1.82, 2.24) is 15.1 Å². The number of carbonyl (C=O) groups is 1. The number of ether oxygens (including phenoxy) is 2. The maximum Gasteiger partial charge on any atom is 0.257 e. The Morgan fingerprint density at radius 3 is 3.14 bits per heavy atom. The molecule has 0 bridgehead atoms. The molecule has 1 amide bonds. The summed E-state index contributed by atoms with van der Waals surface area (Å²) in [4.78, 5) is 11.9. The van der Waals surface area contributed by atoms with Crippen LogP contribution in [0.4, 0.5) is 4.39 Å². The lowest BCUT2D eigenvalue weighted by Gasteiger charge is -2.32. The molecule has 0 radical (unpaired) electrons. The molecule has 1 unspecified atom stereocenters. The summed E-state index contributed by atoms with van der Waals surface area (Å²) in [5, 5.41) is 7.19. The number of rotatable bonds is 6. The van der Waals surface area contributed by atoms with Gasteiger partial charge >= 0.3 is 0 Å². The quantitative estimate of drug-likeness (QED) is 0.856. The Kier molecular flexibility index (Phi) is 4.44. The van der Waals surface area contributed by atoms with Gasteiger partial charge in [-0.3, -0.25) is 9.48 Å². The Hall–Kier alpha value is -1.47. The van der Waals surface area contributed by atoms with Crippen molar-refractivity contribution < 1.29 is 18.7 Å². The van der Waals surface area contributed by atoms with E-state index >= 15 is 0 Å². The highest BCUT2D eigenvalue weighted by Gasteiger charge is 2.44. The Balaban J connectivity index is 1.61. The fourth-order valence-corrected chi connectivity index (χ4v) is 2.84. The van der Waals surface area contributed by atoms with Gasteiger partial charge in [0.1, 0.15) is 6.10 Å². The largest absolute Gasteiger partial charge is 0.383 e. The van der Waals surface area contributed by atoms with Gasteiger partial charge in [-0.1, -0.05) is 0 Å². The topological polar surface area (TPSA) is 65.4 Å². The van der Waals surface area contributed by atoms with Gasteiger partial charge in [0.2, 0.25) is 0 Å². The van der Waals surface area contributed by atoms with Crippen molar-refractivity contribution in [2.75, 3.05) is 26.9 Å². The average Bonchev–Trinajstić information content (AvgIpc) is 2.91. The van der Waals surface area contributed by atoms with Crippen LogP contribution in [0.1, 0.15) is 36.6 Å². The molecule has 7 heteroatoms. The summed E-state index contributed by atoms with van der Waals surface area (Å²) < 4.78 is 26.6. The van der Waals surface area contributed by atoms with Gasteiger partial charge in [-0.15, -0.1) is 0 Å². The Bertz CT molecular complexity index is 542. The van der Waals surface area contributed by atoms with E-state index in [2.05, 4.69) is 10.4 Å². The second-order valence-corrected chi connectivity index (χ2v) is 5.93. The van der Waals surface area contributed by atoms with E-state index in [4.69, 9.17) is 9.47 Å². The van der Waals surface area contributed by atoms with Crippen LogP contribution in [0.2, 0.25) is 0 Å². The van der Waals surface area contributed by atoms with Crippen molar-refractivity contribution >= 4 is 5.91 Å². The first kappa shape index (κ1) is 15.4. The van der Waals surface area contributed by atoms with Crippen molar-refractivity contribution in [1.29, 1.82) is 0 Å². The van der Waals surface area contributed by atoms with Crippen LogP contribution in [0.3, 0.4) is 0 Å². The van der Waals surface area contributed by atoms with Crippen LogP contribution in [0, 0.1) is 0 Å². The Morgan fingerprint density at radius 1 is 1.64 bits per heavy atom. The zero-order chi connectivity index (χ0) is 15.6. The number of nitrogens with one attached hydrogen (secondary N) is 1. The summed E-state index contributed by atoms with van der Waals surface area (Å²) in [6.07, 6.45) is 3.91. The number of hydrogen-bond acceptors (Lipinski definition) is 4. The van der Waals surface area contributed by atoms with Gasteiger partial charge in [-0.25, -0.2) is 4.39 Å². The second-order valence-electron chi connectivity index (χ2n) is 5.93. The predicted octanol–water partition coefficient (Wildman–Crippen LogP) is 1.15. The van der Waals surface area contributed by atoms with Gasteiger partial charge < -0.3 is 14.8 Å². The SMILES string of the molecule is COCCn1cc2c(n1)C(CNC(=O)C1(F)CCC1)OCC2. The van der Waals surface area contributed by atoms with Crippen molar-refractivity contribution in [3.05, 3.63) is 17.5 Å². The molecule has 1 fully saturated rings. The minimum atomic E-state index is -1.67. The minimum Gasteiger partial charge on any atom is -0.383 e. The molecule has 1 aliphatic heterocycles. The van der Waals surface area contributed by atoms with E-state index in [1.54, 1.807) is 7.11 Å². The van der Waals surface area contributed by atoms with E-state index in [1.165, 1.54) is 0 Å². The Morgan fingerprint density at radius 2 is 2.45 bits per heavy atom. The number of amides is 1. The highest BCUT2D eigenvalue weighted by atomic mass is 19.1. The number of fused-ring (bicyclic) bond motifs is 1.